The Morgan fingerprint density at radius 2 is 1.81 bits per heavy atom. The van der Waals surface area contributed by atoms with Gasteiger partial charge in [0.1, 0.15) is 0 Å². The van der Waals surface area contributed by atoms with Gasteiger partial charge in [0.15, 0.2) is 5.78 Å². The summed E-state index contributed by atoms with van der Waals surface area (Å²) >= 11 is 1.56. The molecule has 3 saturated carbocycles. The number of carbonyl (C=O) groups excluding carboxylic acids is 2. The molecule has 47 heavy (non-hydrogen) atoms. The molecule has 8 heteroatoms. The van der Waals surface area contributed by atoms with E-state index in [0.29, 0.717) is 26.0 Å². The van der Waals surface area contributed by atoms with Crippen LogP contribution >= 0.6 is 11.3 Å². The van der Waals surface area contributed by atoms with Crippen LogP contribution in [0.15, 0.2) is 54.1 Å². The van der Waals surface area contributed by atoms with Gasteiger partial charge in [0.05, 0.1) is 42.4 Å². The molecule has 1 aromatic carbocycles. The molecule has 0 radical (unpaired) electrons. The van der Waals surface area contributed by atoms with Gasteiger partial charge < -0.3 is 24.6 Å². The number of hydrogen-bond donors (Lipinski definition) is 2. The monoisotopic (exact) mass is 659 g/mol. The summed E-state index contributed by atoms with van der Waals surface area (Å²) in [7, 11) is 0. The predicted molar refractivity (Wildman–Crippen MR) is 182 cm³/mol. The highest BCUT2D eigenvalue weighted by Crippen LogP contribution is 2.78. The number of allylic oxidation sites excluding steroid dienone is 4. The number of hydrogen-bond acceptors (Lipinski definition) is 7. The Morgan fingerprint density at radius 1 is 1.04 bits per heavy atom. The van der Waals surface area contributed by atoms with Crippen LogP contribution in [0.2, 0.25) is 0 Å². The summed E-state index contributed by atoms with van der Waals surface area (Å²) in [6, 6.07) is 10.2. The van der Waals surface area contributed by atoms with E-state index in [0.717, 1.165) is 65.5 Å². The Hall–Kier alpha value is -2.52. The zero-order valence-corrected chi connectivity index (χ0v) is 28.8. The molecule has 4 fully saturated rings. The van der Waals surface area contributed by atoms with Gasteiger partial charge in [0.25, 0.3) is 0 Å². The van der Waals surface area contributed by atoms with Gasteiger partial charge in [-0.05, 0) is 99.5 Å². The number of carbonyl (C=O) groups is 2. The summed E-state index contributed by atoms with van der Waals surface area (Å²) in [4.78, 5) is 30.7. The standard InChI is InChI=1S/C39H49NO6S/c1-4-45-34(43)40(23-27-9-7-19-46-27)24-38(44)16-13-32-36(38,3)15-12-31-35(2)14-11-26(41)21-37(35)17-18-39(31,32)28(22-37)33(42)30-20-25-8-5-6-10-29(25)47-30/h5-6,8,10,17-18,20,22,26-27,31-32,41,44H,4,7,9,11-16,19,21,23-24H2,1-3H3/t26?,27-,31-,32-,35-,36+,37+,38-,39-/m1/s1. The topological polar surface area (TPSA) is 96.3 Å². The number of ether oxygens (including phenoxy) is 2. The summed E-state index contributed by atoms with van der Waals surface area (Å²) in [5.74, 6) is 0.334. The SMILES string of the molecule is CCOC(=O)N(C[C@H]1CCCO1)C[C@]1(O)CC[C@H]2[C@]34C=C[C@@]5(C=C3C(=O)c3cc6ccccc6s3)CC(O)CC[C@]5(C)[C@H]4CC[C@@]21C. The molecule has 2 N–H and O–H groups in total. The van der Waals surface area contributed by atoms with Gasteiger partial charge in [-0.3, -0.25) is 4.79 Å². The molecule has 9 atom stereocenters. The van der Waals surface area contributed by atoms with Gasteiger partial charge in [-0.25, -0.2) is 4.79 Å². The lowest BCUT2D eigenvalue weighted by Crippen LogP contribution is -2.67. The first-order valence-corrected chi connectivity index (χ1v) is 18.7. The smallest absolute Gasteiger partial charge is 0.409 e. The van der Waals surface area contributed by atoms with Crippen molar-refractivity contribution in [2.75, 3.05) is 26.3 Å². The Morgan fingerprint density at radius 3 is 2.57 bits per heavy atom. The molecule has 1 aliphatic heterocycles. The average molecular weight is 660 g/mol. The summed E-state index contributed by atoms with van der Waals surface area (Å²) in [6.07, 6.45) is 13.4. The van der Waals surface area contributed by atoms with E-state index in [9.17, 15) is 19.8 Å². The van der Waals surface area contributed by atoms with Crippen molar-refractivity contribution in [3.8, 4) is 0 Å². The van der Waals surface area contributed by atoms with Gasteiger partial charge in [-0.1, -0.05) is 50.3 Å². The third-order valence-corrected chi connectivity index (χ3v) is 15.1. The van der Waals surface area contributed by atoms with E-state index in [1.807, 2.05) is 25.1 Å². The number of aliphatic hydroxyl groups excluding tert-OH is 1. The van der Waals surface area contributed by atoms with Crippen molar-refractivity contribution in [2.45, 2.75) is 96.4 Å². The first kappa shape index (κ1) is 31.7. The second-order valence-corrected chi connectivity index (χ2v) is 17.1. The van der Waals surface area contributed by atoms with Crippen LogP contribution in [-0.4, -0.2) is 71.1 Å². The number of thiophene rings is 1. The van der Waals surface area contributed by atoms with E-state index in [-0.39, 0.29) is 47.7 Å². The molecule has 252 valence electrons. The van der Waals surface area contributed by atoms with Crippen molar-refractivity contribution in [3.63, 3.8) is 0 Å². The molecule has 1 aromatic heterocycles. The fourth-order valence-electron chi connectivity index (χ4n) is 11.6. The maximum absolute atomic E-state index is 15.0. The third-order valence-electron chi connectivity index (χ3n) is 14.0. The zero-order chi connectivity index (χ0) is 32.8. The largest absolute Gasteiger partial charge is 0.450 e. The zero-order valence-electron chi connectivity index (χ0n) is 28.0. The van der Waals surface area contributed by atoms with E-state index in [1.165, 1.54) is 0 Å². The molecular weight excluding hydrogens is 610 g/mol. The minimum Gasteiger partial charge on any atom is -0.450 e. The molecule has 2 bridgehead atoms. The number of amides is 1. The number of aliphatic hydroxyl groups is 2. The Balaban J connectivity index is 1.21. The molecule has 2 aromatic rings. The van der Waals surface area contributed by atoms with Gasteiger partial charge in [0.2, 0.25) is 0 Å². The van der Waals surface area contributed by atoms with Crippen molar-refractivity contribution in [2.24, 2.45) is 33.5 Å². The van der Waals surface area contributed by atoms with Crippen LogP contribution in [0, 0.1) is 33.5 Å². The van der Waals surface area contributed by atoms with Crippen molar-refractivity contribution >= 4 is 33.3 Å². The highest BCUT2D eigenvalue weighted by atomic mass is 32.1. The highest BCUT2D eigenvalue weighted by molar-refractivity contribution is 7.21. The van der Waals surface area contributed by atoms with Crippen LogP contribution in [0.5, 0.6) is 0 Å². The Bertz CT molecular complexity index is 1630. The van der Waals surface area contributed by atoms with Crippen LogP contribution in [-0.2, 0) is 9.47 Å². The quantitative estimate of drug-likeness (QED) is 0.239. The fraction of sp³-hybridized carbons (Fsp3) is 0.641. The van der Waals surface area contributed by atoms with E-state index in [1.54, 1.807) is 16.2 Å². The molecular formula is C39H49NO6S. The first-order chi connectivity index (χ1) is 22.5. The minimum atomic E-state index is -1.14. The van der Waals surface area contributed by atoms with Gasteiger partial charge in [-0.2, -0.15) is 0 Å². The van der Waals surface area contributed by atoms with Gasteiger partial charge >= 0.3 is 6.09 Å². The number of nitrogens with zero attached hydrogens (tertiary/aromatic N) is 1. The summed E-state index contributed by atoms with van der Waals surface area (Å²) in [6.45, 7) is 8.03. The lowest BCUT2D eigenvalue weighted by molar-refractivity contribution is -0.175. The van der Waals surface area contributed by atoms with E-state index >= 15 is 0 Å². The lowest BCUT2D eigenvalue weighted by atomic mass is 9.32. The molecule has 7 aliphatic rings. The third kappa shape index (κ3) is 4.39. The number of benzene rings is 1. The lowest BCUT2D eigenvalue weighted by Gasteiger charge is -2.71. The predicted octanol–water partition coefficient (Wildman–Crippen LogP) is 7.31. The van der Waals surface area contributed by atoms with Crippen LogP contribution in [0.3, 0.4) is 0 Å². The van der Waals surface area contributed by atoms with Crippen LogP contribution in [0.4, 0.5) is 4.79 Å². The highest BCUT2D eigenvalue weighted by Gasteiger charge is 2.74. The van der Waals surface area contributed by atoms with Crippen LogP contribution in [0.25, 0.3) is 10.1 Å². The number of rotatable bonds is 7. The van der Waals surface area contributed by atoms with Crippen molar-refractivity contribution < 1.29 is 29.3 Å². The molecule has 1 unspecified atom stereocenters. The number of ketones is 1. The maximum atomic E-state index is 15.0. The summed E-state index contributed by atoms with van der Waals surface area (Å²) in [5.41, 5.74) is -1.81. The van der Waals surface area contributed by atoms with Crippen LogP contribution in [0.1, 0.15) is 88.2 Å². The van der Waals surface area contributed by atoms with E-state index in [2.05, 4.69) is 44.2 Å². The molecule has 9 rings (SSSR count). The van der Waals surface area contributed by atoms with E-state index < -0.39 is 28.6 Å². The second kappa shape index (κ2) is 11.0. The van der Waals surface area contributed by atoms with Crippen molar-refractivity contribution in [1.82, 2.24) is 4.90 Å². The Kier molecular flexibility index (Phi) is 7.42. The molecule has 7 nitrogen and oxygen atoms in total. The number of Topliss-reactive ketones (excluding diaryl/α,β-unsaturated/α-hetero) is 1. The molecule has 2 spiro atoms. The fourth-order valence-corrected chi connectivity index (χ4v) is 12.6. The minimum absolute atomic E-state index is 0.0216. The molecule has 1 amide bonds. The second-order valence-electron chi connectivity index (χ2n) is 16.0. The Labute approximate surface area is 282 Å². The van der Waals surface area contributed by atoms with Gasteiger partial charge in [-0.15, -0.1) is 11.3 Å². The number of fused-ring (bicyclic) bond motifs is 2. The van der Waals surface area contributed by atoms with Gasteiger partial charge in [0, 0.05) is 33.1 Å². The first-order valence-electron chi connectivity index (χ1n) is 17.9. The average Bonchev–Trinajstić information content (AvgIpc) is 3.79. The summed E-state index contributed by atoms with van der Waals surface area (Å²) in [5, 5.41) is 24.9. The summed E-state index contributed by atoms with van der Waals surface area (Å²) < 4.78 is 12.5. The molecule has 6 aliphatic carbocycles. The van der Waals surface area contributed by atoms with E-state index in [4.69, 9.17) is 9.47 Å². The maximum Gasteiger partial charge on any atom is 0.409 e. The normalized spacial score (nSPS) is 41.7. The van der Waals surface area contributed by atoms with Crippen molar-refractivity contribution in [1.29, 1.82) is 0 Å². The molecule has 2 heterocycles. The van der Waals surface area contributed by atoms with Crippen molar-refractivity contribution in [3.05, 3.63) is 59.0 Å². The molecule has 1 saturated heterocycles. The van der Waals surface area contributed by atoms with Crippen LogP contribution < -0.4 is 0 Å².